The first kappa shape index (κ1) is 18.9. The van der Waals surface area contributed by atoms with Crippen molar-refractivity contribution in [3.05, 3.63) is 54.4 Å². The minimum Gasteiger partial charge on any atom is -0.377 e. The van der Waals surface area contributed by atoms with Crippen molar-refractivity contribution in [1.29, 1.82) is 0 Å². The Kier molecular flexibility index (Phi) is 4.39. The first-order valence-corrected chi connectivity index (χ1v) is 10.7. The summed E-state index contributed by atoms with van der Waals surface area (Å²) in [5.74, 6) is 2.16. The molecule has 1 aliphatic heterocycles. The van der Waals surface area contributed by atoms with Crippen LogP contribution in [-0.2, 0) is 4.74 Å². The van der Waals surface area contributed by atoms with Gasteiger partial charge in [-0.2, -0.15) is 0 Å². The predicted octanol–water partition coefficient (Wildman–Crippen LogP) is 4.36. The molecule has 5 aromatic rings. The number of H-pyrrole nitrogens is 1. The number of rotatable bonds is 3. The molecular weight excluding hydrogens is 404 g/mol. The molecular formula is C24H22N6O2. The van der Waals surface area contributed by atoms with Gasteiger partial charge in [-0.05, 0) is 37.6 Å². The molecule has 1 aromatic carbocycles. The van der Waals surface area contributed by atoms with Crippen molar-refractivity contribution >= 4 is 27.8 Å². The highest BCUT2D eigenvalue weighted by Crippen LogP contribution is 2.35. The number of fused-ring (bicyclic) bond motifs is 2. The van der Waals surface area contributed by atoms with Crippen molar-refractivity contribution in [3.8, 4) is 22.8 Å². The number of hydrogen-bond acceptors (Lipinski definition) is 7. The summed E-state index contributed by atoms with van der Waals surface area (Å²) in [5.41, 5.74) is 4.41. The van der Waals surface area contributed by atoms with E-state index in [0.717, 1.165) is 39.8 Å². The Labute approximate surface area is 184 Å². The zero-order valence-corrected chi connectivity index (χ0v) is 17.9. The highest BCUT2D eigenvalue weighted by Gasteiger charge is 2.25. The molecule has 8 nitrogen and oxygen atoms in total. The number of aromatic amines is 1. The summed E-state index contributed by atoms with van der Waals surface area (Å²) in [4.78, 5) is 20.5. The van der Waals surface area contributed by atoms with Crippen LogP contribution in [0.15, 0.2) is 53.3 Å². The molecule has 0 saturated carbocycles. The van der Waals surface area contributed by atoms with Crippen molar-refractivity contribution < 1.29 is 9.26 Å². The number of aromatic nitrogens is 5. The Morgan fingerprint density at radius 1 is 1.12 bits per heavy atom. The van der Waals surface area contributed by atoms with Crippen molar-refractivity contribution in [2.45, 2.75) is 19.9 Å². The topological polar surface area (TPSA) is 93.0 Å². The van der Waals surface area contributed by atoms with Crippen LogP contribution in [0.3, 0.4) is 0 Å². The van der Waals surface area contributed by atoms with E-state index in [9.17, 15) is 0 Å². The summed E-state index contributed by atoms with van der Waals surface area (Å²) in [6.07, 6.45) is 3.56. The maximum atomic E-state index is 5.68. The van der Waals surface area contributed by atoms with Gasteiger partial charge in [-0.25, -0.2) is 15.0 Å². The van der Waals surface area contributed by atoms with Crippen molar-refractivity contribution in [2.24, 2.45) is 0 Å². The quantitative estimate of drug-likeness (QED) is 0.458. The third-order valence-corrected chi connectivity index (χ3v) is 6.01. The van der Waals surface area contributed by atoms with Gasteiger partial charge in [-0.15, -0.1) is 0 Å². The monoisotopic (exact) mass is 426 g/mol. The van der Waals surface area contributed by atoms with Crippen LogP contribution >= 0.6 is 0 Å². The number of nitrogens with zero attached hydrogens (tertiary/aromatic N) is 5. The lowest BCUT2D eigenvalue weighted by Gasteiger charge is -2.35. The Morgan fingerprint density at radius 3 is 2.91 bits per heavy atom. The second-order valence-corrected chi connectivity index (χ2v) is 8.13. The van der Waals surface area contributed by atoms with E-state index in [0.29, 0.717) is 36.1 Å². The largest absolute Gasteiger partial charge is 0.377 e. The van der Waals surface area contributed by atoms with Gasteiger partial charge in [0.25, 0.3) is 0 Å². The van der Waals surface area contributed by atoms with E-state index in [2.05, 4.69) is 47.1 Å². The molecule has 1 atom stereocenters. The average Bonchev–Trinajstić information content (AvgIpc) is 3.50. The average molecular weight is 426 g/mol. The molecule has 1 saturated heterocycles. The zero-order valence-electron chi connectivity index (χ0n) is 17.9. The summed E-state index contributed by atoms with van der Waals surface area (Å²) in [6.45, 7) is 6.32. The number of morpholine rings is 1. The maximum Gasteiger partial charge on any atom is 0.185 e. The summed E-state index contributed by atoms with van der Waals surface area (Å²) < 4.78 is 11.0. The summed E-state index contributed by atoms with van der Waals surface area (Å²) in [6, 6.07) is 12.2. The van der Waals surface area contributed by atoms with E-state index in [1.54, 1.807) is 12.3 Å². The first-order valence-electron chi connectivity index (χ1n) is 10.7. The van der Waals surface area contributed by atoms with Crippen LogP contribution in [-0.4, -0.2) is 50.9 Å². The third kappa shape index (κ3) is 3.03. The van der Waals surface area contributed by atoms with E-state index in [1.165, 1.54) is 0 Å². The van der Waals surface area contributed by atoms with Crippen LogP contribution in [0.25, 0.3) is 44.8 Å². The molecule has 0 bridgehead atoms. The molecule has 0 unspecified atom stereocenters. The molecule has 1 aliphatic rings. The van der Waals surface area contributed by atoms with E-state index in [-0.39, 0.29) is 6.04 Å². The van der Waals surface area contributed by atoms with Crippen LogP contribution in [0.2, 0.25) is 0 Å². The molecule has 0 spiro atoms. The first-order chi connectivity index (χ1) is 15.7. The Bertz CT molecular complexity index is 1430. The predicted molar refractivity (Wildman–Crippen MR) is 122 cm³/mol. The molecule has 6 rings (SSSR count). The SMILES string of the molecule is Cc1cc(-c2ccno2)nc2nc(-c3cccc4[nH]ccc34)nc(N3CCOC[C@H]3C)c12. The molecule has 0 amide bonds. The Morgan fingerprint density at radius 2 is 2.06 bits per heavy atom. The molecule has 5 heterocycles. The van der Waals surface area contributed by atoms with E-state index in [4.69, 9.17) is 24.2 Å². The summed E-state index contributed by atoms with van der Waals surface area (Å²) in [5, 5.41) is 5.86. The second kappa shape index (κ2) is 7.42. The summed E-state index contributed by atoms with van der Waals surface area (Å²) in [7, 11) is 0. The van der Waals surface area contributed by atoms with Crippen LogP contribution in [0.4, 0.5) is 5.82 Å². The highest BCUT2D eigenvalue weighted by atomic mass is 16.5. The Hall–Kier alpha value is -3.78. The number of pyridine rings is 1. The van der Waals surface area contributed by atoms with Crippen LogP contribution < -0.4 is 4.90 Å². The van der Waals surface area contributed by atoms with Gasteiger partial charge < -0.3 is 19.1 Å². The lowest BCUT2D eigenvalue weighted by Crippen LogP contribution is -2.44. The molecule has 1 N–H and O–H groups in total. The number of nitrogens with one attached hydrogen (secondary N) is 1. The lowest BCUT2D eigenvalue weighted by atomic mass is 10.1. The highest BCUT2D eigenvalue weighted by molar-refractivity contribution is 5.97. The normalized spacial score (nSPS) is 16.8. The molecule has 32 heavy (non-hydrogen) atoms. The van der Waals surface area contributed by atoms with Gasteiger partial charge in [-0.1, -0.05) is 17.3 Å². The van der Waals surface area contributed by atoms with Crippen molar-refractivity contribution in [3.63, 3.8) is 0 Å². The van der Waals surface area contributed by atoms with Gasteiger partial charge in [0, 0.05) is 35.3 Å². The number of aryl methyl sites for hydroxylation is 1. The Balaban J connectivity index is 1.64. The smallest absolute Gasteiger partial charge is 0.185 e. The number of ether oxygens (including phenoxy) is 1. The van der Waals surface area contributed by atoms with Gasteiger partial charge in [0.15, 0.2) is 17.2 Å². The van der Waals surface area contributed by atoms with Crippen molar-refractivity contribution in [2.75, 3.05) is 24.7 Å². The molecule has 0 radical (unpaired) electrons. The van der Waals surface area contributed by atoms with Crippen LogP contribution in [0, 0.1) is 6.92 Å². The minimum absolute atomic E-state index is 0.200. The zero-order chi connectivity index (χ0) is 21.7. The summed E-state index contributed by atoms with van der Waals surface area (Å²) >= 11 is 0. The molecule has 0 aliphatic carbocycles. The second-order valence-electron chi connectivity index (χ2n) is 8.13. The van der Waals surface area contributed by atoms with Crippen LogP contribution in [0.5, 0.6) is 0 Å². The van der Waals surface area contributed by atoms with E-state index in [1.807, 2.05) is 18.3 Å². The lowest BCUT2D eigenvalue weighted by molar-refractivity contribution is 0.0987. The number of anilines is 1. The van der Waals surface area contributed by atoms with E-state index >= 15 is 0 Å². The van der Waals surface area contributed by atoms with Crippen molar-refractivity contribution in [1.82, 2.24) is 25.1 Å². The van der Waals surface area contributed by atoms with Gasteiger partial charge in [0.05, 0.1) is 30.8 Å². The van der Waals surface area contributed by atoms with Gasteiger partial charge >= 0.3 is 0 Å². The number of hydrogen-bond donors (Lipinski definition) is 1. The van der Waals surface area contributed by atoms with E-state index < -0.39 is 0 Å². The fraction of sp³-hybridized carbons (Fsp3) is 0.250. The molecule has 160 valence electrons. The fourth-order valence-electron chi connectivity index (χ4n) is 4.42. The molecule has 8 heteroatoms. The van der Waals surface area contributed by atoms with Gasteiger partial charge in [0.1, 0.15) is 11.5 Å². The molecule has 1 fully saturated rings. The van der Waals surface area contributed by atoms with Crippen LogP contribution in [0.1, 0.15) is 12.5 Å². The van der Waals surface area contributed by atoms with Gasteiger partial charge in [-0.3, -0.25) is 0 Å². The standard InChI is InChI=1S/C24H22N6O2/c1-14-12-19(20-7-9-26-32-20)27-23-21(14)24(30-10-11-31-13-15(30)2)29-22(28-23)17-4-3-5-18-16(17)6-8-25-18/h3-9,12,15,25H,10-11,13H2,1-2H3/t15-/m1/s1. The maximum absolute atomic E-state index is 5.68. The molecule has 4 aromatic heterocycles. The minimum atomic E-state index is 0.200. The fourth-order valence-corrected chi connectivity index (χ4v) is 4.42. The van der Waals surface area contributed by atoms with Gasteiger partial charge in [0.2, 0.25) is 0 Å². The number of benzene rings is 1. The third-order valence-electron chi connectivity index (χ3n) is 6.01.